The quantitative estimate of drug-likeness (QED) is 0.582. The molecule has 0 aliphatic carbocycles. The second kappa shape index (κ2) is 5.70. The van der Waals surface area contributed by atoms with E-state index < -0.39 is 0 Å². The number of aromatic amines is 1. The minimum atomic E-state index is -0.148. The minimum absolute atomic E-state index is 0.148. The first-order chi connectivity index (χ1) is 11.3. The van der Waals surface area contributed by atoms with Crippen LogP contribution in [0.4, 0.5) is 5.13 Å². The number of amides is 1. The minimum Gasteiger partial charge on any atom is -0.360 e. The molecule has 0 aliphatic rings. The molecule has 112 valence electrons. The zero-order chi connectivity index (χ0) is 15.6. The zero-order valence-corrected chi connectivity index (χ0v) is 12.9. The van der Waals surface area contributed by atoms with Gasteiger partial charge in [-0.3, -0.25) is 10.1 Å². The molecule has 0 saturated carbocycles. The first kappa shape index (κ1) is 13.7. The highest BCUT2D eigenvalue weighted by Crippen LogP contribution is 2.31. The number of hydrogen-bond acceptors (Lipinski definition) is 3. The molecule has 0 fully saturated rings. The van der Waals surface area contributed by atoms with Crippen LogP contribution in [0.3, 0.4) is 0 Å². The van der Waals surface area contributed by atoms with Gasteiger partial charge >= 0.3 is 0 Å². The number of benzene rings is 2. The van der Waals surface area contributed by atoms with E-state index in [1.165, 1.54) is 11.3 Å². The number of nitrogens with one attached hydrogen (secondary N) is 2. The monoisotopic (exact) mass is 319 g/mol. The van der Waals surface area contributed by atoms with Crippen molar-refractivity contribution in [3.8, 4) is 11.3 Å². The van der Waals surface area contributed by atoms with Gasteiger partial charge in [0.15, 0.2) is 5.13 Å². The summed E-state index contributed by atoms with van der Waals surface area (Å²) in [5, 5.41) is 6.52. The zero-order valence-electron chi connectivity index (χ0n) is 12.1. The molecule has 4 rings (SSSR count). The lowest BCUT2D eigenvalue weighted by Gasteiger charge is -2.00. The maximum atomic E-state index is 12.2. The van der Waals surface area contributed by atoms with Gasteiger partial charge in [-0.15, -0.1) is 11.3 Å². The van der Waals surface area contributed by atoms with Crippen LogP contribution in [0.25, 0.3) is 22.2 Å². The van der Waals surface area contributed by atoms with Gasteiger partial charge in [-0.2, -0.15) is 0 Å². The molecule has 4 nitrogen and oxygen atoms in total. The SMILES string of the molecule is O=C(Nc1nc(-c2c[nH]c3ccccc23)cs1)c1ccccc1. The molecule has 2 heterocycles. The van der Waals surface area contributed by atoms with Crippen molar-refractivity contribution in [2.45, 2.75) is 0 Å². The van der Waals surface area contributed by atoms with Gasteiger partial charge in [-0.05, 0) is 18.2 Å². The van der Waals surface area contributed by atoms with Crippen LogP contribution >= 0.6 is 11.3 Å². The van der Waals surface area contributed by atoms with Crippen LogP contribution in [-0.4, -0.2) is 15.9 Å². The Morgan fingerprint density at radius 3 is 2.70 bits per heavy atom. The van der Waals surface area contributed by atoms with Crippen molar-refractivity contribution in [3.05, 3.63) is 71.7 Å². The number of aromatic nitrogens is 2. The van der Waals surface area contributed by atoms with Crippen LogP contribution < -0.4 is 5.32 Å². The van der Waals surface area contributed by atoms with Gasteiger partial charge < -0.3 is 4.98 Å². The fraction of sp³-hybridized carbons (Fsp3) is 0. The molecule has 0 radical (unpaired) electrons. The van der Waals surface area contributed by atoms with Crippen LogP contribution in [0, 0.1) is 0 Å². The molecule has 0 unspecified atom stereocenters. The Morgan fingerprint density at radius 1 is 1.04 bits per heavy atom. The third-order valence-electron chi connectivity index (χ3n) is 3.63. The largest absolute Gasteiger partial charge is 0.360 e. The number of para-hydroxylation sites is 1. The van der Waals surface area contributed by atoms with E-state index in [0.717, 1.165) is 22.2 Å². The normalized spacial score (nSPS) is 10.8. The van der Waals surface area contributed by atoms with Crippen molar-refractivity contribution in [2.24, 2.45) is 0 Å². The Bertz CT molecular complexity index is 972. The number of anilines is 1. The molecular weight excluding hydrogens is 306 g/mol. The second-order valence-electron chi connectivity index (χ2n) is 5.11. The van der Waals surface area contributed by atoms with Crippen LogP contribution in [0.1, 0.15) is 10.4 Å². The fourth-order valence-corrected chi connectivity index (χ4v) is 3.20. The van der Waals surface area contributed by atoms with E-state index >= 15 is 0 Å². The number of carbonyl (C=O) groups excluding carboxylic acids is 1. The van der Waals surface area contributed by atoms with Crippen molar-refractivity contribution < 1.29 is 4.79 Å². The second-order valence-corrected chi connectivity index (χ2v) is 5.96. The molecule has 0 bridgehead atoms. The summed E-state index contributed by atoms with van der Waals surface area (Å²) in [7, 11) is 0. The van der Waals surface area contributed by atoms with Gasteiger partial charge in [0, 0.05) is 33.6 Å². The molecule has 2 aromatic heterocycles. The highest BCUT2D eigenvalue weighted by atomic mass is 32.1. The lowest BCUT2D eigenvalue weighted by molar-refractivity contribution is 0.102. The molecule has 2 N–H and O–H groups in total. The number of hydrogen-bond donors (Lipinski definition) is 2. The smallest absolute Gasteiger partial charge is 0.257 e. The summed E-state index contributed by atoms with van der Waals surface area (Å²) < 4.78 is 0. The molecule has 1 amide bonds. The van der Waals surface area contributed by atoms with Gasteiger partial charge in [0.1, 0.15) is 0 Å². The van der Waals surface area contributed by atoms with Crippen LogP contribution in [-0.2, 0) is 0 Å². The number of H-pyrrole nitrogens is 1. The number of rotatable bonds is 3. The predicted molar refractivity (Wildman–Crippen MR) is 93.8 cm³/mol. The summed E-state index contributed by atoms with van der Waals surface area (Å²) in [6, 6.07) is 17.2. The van der Waals surface area contributed by atoms with Crippen LogP contribution in [0.15, 0.2) is 66.2 Å². The summed E-state index contributed by atoms with van der Waals surface area (Å²) >= 11 is 1.42. The number of carbonyl (C=O) groups is 1. The van der Waals surface area contributed by atoms with E-state index in [-0.39, 0.29) is 5.91 Å². The Balaban J connectivity index is 1.61. The van der Waals surface area contributed by atoms with E-state index in [1.807, 2.05) is 48.0 Å². The topological polar surface area (TPSA) is 57.8 Å². The summed E-state index contributed by atoms with van der Waals surface area (Å²) in [5.41, 5.74) is 3.59. The average molecular weight is 319 g/mol. The first-order valence-corrected chi connectivity index (χ1v) is 8.07. The highest BCUT2D eigenvalue weighted by Gasteiger charge is 2.12. The Kier molecular flexibility index (Phi) is 3.40. The number of nitrogens with zero attached hydrogens (tertiary/aromatic N) is 1. The maximum absolute atomic E-state index is 12.2. The molecule has 0 aliphatic heterocycles. The summed E-state index contributed by atoms with van der Waals surface area (Å²) in [6.45, 7) is 0. The summed E-state index contributed by atoms with van der Waals surface area (Å²) in [5.74, 6) is -0.148. The van der Waals surface area contributed by atoms with Gasteiger partial charge in [0.25, 0.3) is 5.91 Å². The van der Waals surface area contributed by atoms with Crippen molar-refractivity contribution >= 4 is 33.3 Å². The fourth-order valence-electron chi connectivity index (χ4n) is 2.50. The average Bonchev–Trinajstić information content (AvgIpc) is 3.22. The third kappa shape index (κ3) is 2.62. The van der Waals surface area contributed by atoms with E-state index in [0.29, 0.717) is 10.7 Å². The third-order valence-corrected chi connectivity index (χ3v) is 4.38. The molecule has 4 aromatic rings. The van der Waals surface area contributed by atoms with Crippen LogP contribution in [0.5, 0.6) is 0 Å². The first-order valence-electron chi connectivity index (χ1n) is 7.20. The maximum Gasteiger partial charge on any atom is 0.257 e. The van der Waals surface area contributed by atoms with Crippen LogP contribution in [0.2, 0.25) is 0 Å². The molecule has 0 saturated heterocycles. The molecule has 23 heavy (non-hydrogen) atoms. The number of fused-ring (bicyclic) bond motifs is 1. The van der Waals surface area contributed by atoms with Gasteiger partial charge in [-0.1, -0.05) is 36.4 Å². The molecular formula is C18H13N3OS. The summed E-state index contributed by atoms with van der Waals surface area (Å²) in [6.07, 6.45) is 1.95. The lowest BCUT2D eigenvalue weighted by atomic mass is 10.1. The van der Waals surface area contributed by atoms with Gasteiger partial charge in [0.2, 0.25) is 0 Å². The van der Waals surface area contributed by atoms with E-state index in [4.69, 9.17) is 0 Å². The van der Waals surface area contributed by atoms with Crippen molar-refractivity contribution in [2.75, 3.05) is 5.32 Å². The predicted octanol–water partition coefficient (Wildman–Crippen LogP) is 4.54. The summed E-state index contributed by atoms with van der Waals surface area (Å²) in [4.78, 5) is 19.9. The number of thiazole rings is 1. The molecule has 0 spiro atoms. The van der Waals surface area contributed by atoms with E-state index in [2.05, 4.69) is 21.4 Å². The van der Waals surface area contributed by atoms with Crippen molar-refractivity contribution in [1.82, 2.24) is 9.97 Å². The van der Waals surface area contributed by atoms with E-state index in [9.17, 15) is 4.79 Å². The molecule has 2 aromatic carbocycles. The van der Waals surface area contributed by atoms with E-state index in [1.54, 1.807) is 12.1 Å². The van der Waals surface area contributed by atoms with Crippen molar-refractivity contribution in [3.63, 3.8) is 0 Å². The Hall–Kier alpha value is -2.92. The lowest BCUT2D eigenvalue weighted by Crippen LogP contribution is -2.11. The highest BCUT2D eigenvalue weighted by molar-refractivity contribution is 7.14. The Morgan fingerprint density at radius 2 is 1.83 bits per heavy atom. The van der Waals surface area contributed by atoms with Crippen molar-refractivity contribution in [1.29, 1.82) is 0 Å². The van der Waals surface area contributed by atoms with Gasteiger partial charge in [-0.25, -0.2) is 4.98 Å². The Labute approximate surface area is 136 Å². The van der Waals surface area contributed by atoms with Gasteiger partial charge in [0.05, 0.1) is 5.69 Å². The molecule has 5 heteroatoms. The molecule has 0 atom stereocenters. The standard InChI is InChI=1S/C18H13N3OS/c22-17(12-6-2-1-3-7-12)21-18-20-16(11-23-18)14-10-19-15-9-5-4-8-13(14)15/h1-11,19H,(H,20,21,22).